The summed E-state index contributed by atoms with van der Waals surface area (Å²) in [5.41, 5.74) is 0.142. The lowest BCUT2D eigenvalue weighted by Gasteiger charge is -2.24. The Labute approximate surface area is 135 Å². The Morgan fingerprint density at radius 1 is 1.33 bits per heavy atom. The lowest BCUT2D eigenvalue weighted by atomic mass is 10.0. The predicted octanol–water partition coefficient (Wildman–Crippen LogP) is 1.30. The number of aromatic amines is 1. The van der Waals surface area contributed by atoms with Crippen LogP contribution in [-0.2, 0) is 0 Å². The van der Waals surface area contributed by atoms with Gasteiger partial charge in [0.25, 0.3) is 5.91 Å². The monoisotopic (exact) mass is 335 g/mol. The molecular weight excluding hydrogens is 320 g/mol. The highest BCUT2D eigenvalue weighted by atomic mass is 19.2. The van der Waals surface area contributed by atoms with Crippen molar-refractivity contribution >= 4 is 5.91 Å². The second-order valence-electron chi connectivity index (χ2n) is 5.79. The van der Waals surface area contributed by atoms with E-state index in [1.807, 2.05) is 0 Å². The number of aromatic nitrogens is 2. The number of β-amino-alcohol motifs (C(OH)–C–C–N with tert-alkyl or cyclic N) is 1. The number of halogens is 2. The number of hydrogen-bond acceptors (Lipinski definition) is 4. The third-order valence-electron chi connectivity index (χ3n) is 3.97. The van der Waals surface area contributed by atoms with Crippen molar-refractivity contribution in [3.8, 4) is 0 Å². The minimum absolute atomic E-state index is 0.0238. The molecule has 0 aliphatic carbocycles. The molecule has 0 bridgehead atoms. The molecule has 0 unspecified atom stereocenters. The zero-order chi connectivity index (χ0) is 17.4. The summed E-state index contributed by atoms with van der Waals surface area (Å²) in [7, 11) is 0. The highest BCUT2D eigenvalue weighted by Gasteiger charge is 2.36. The molecule has 0 spiro atoms. The van der Waals surface area contributed by atoms with Crippen LogP contribution in [0.4, 0.5) is 8.78 Å². The average Bonchev–Trinajstić information content (AvgIpc) is 2.90. The van der Waals surface area contributed by atoms with Crippen molar-refractivity contribution in [1.29, 1.82) is 0 Å². The number of amides is 1. The largest absolute Gasteiger partial charge is 0.391 e. The average molecular weight is 335 g/mol. The van der Waals surface area contributed by atoms with Crippen molar-refractivity contribution in [2.24, 2.45) is 0 Å². The van der Waals surface area contributed by atoms with Crippen molar-refractivity contribution in [1.82, 2.24) is 14.9 Å². The normalized spacial score (nSPS) is 20.4. The predicted molar refractivity (Wildman–Crippen MR) is 80.4 cm³/mol. The Hall–Kier alpha value is -2.61. The summed E-state index contributed by atoms with van der Waals surface area (Å²) in [4.78, 5) is 31.5. The molecule has 1 saturated heterocycles. The number of nitrogens with zero attached hydrogens (tertiary/aromatic N) is 2. The fraction of sp³-hybridized carbons (Fsp3) is 0.312. The number of carbonyl (C=O) groups excluding carboxylic acids is 1. The van der Waals surface area contributed by atoms with E-state index in [-0.39, 0.29) is 18.7 Å². The second-order valence-corrected chi connectivity index (χ2v) is 5.79. The number of aryl methyl sites for hydroxylation is 1. The Morgan fingerprint density at radius 3 is 2.75 bits per heavy atom. The first-order valence-corrected chi connectivity index (χ1v) is 7.37. The zero-order valence-electron chi connectivity index (χ0n) is 12.8. The topological polar surface area (TPSA) is 86.3 Å². The van der Waals surface area contributed by atoms with Crippen molar-refractivity contribution in [3.05, 3.63) is 63.3 Å². The molecule has 6 nitrogen and oxygen atoms in total. The molecule has 1 amide bonds. The number of H-pyrrole nitrogens is 1. The molecule has 8 heteroatoms. The molecule has 1 aromatic heterocycles. The van der Waals surface area contributed by atoms with Gasteiger partial charge >= 0.3 is 5.69 Å². The minimum Gasteiger partial charge on any atom is -0.391 e. The SMILES string of the molecule is Cc1cc(C(=O)N2C[C@@H](O)C[C@@H]2c2ccc(F)c(F)c2)nc(=O)[nH]1. The van der Waals surface area contributed by atoms with Crippen LogP contribution in [0.3, 0.4) is 0 Å². The molecule has 2 atom stereocenters. The van der Waals surface area contributed by atoms with Crippen LogP contribution >= 0.6 is 0 Å². The van der Waals surface area contributed by atoms with Gasteiger partial charge < -0.3 is 15.0 Å². The summed E-state index contributed by atoms with van der Waals surface area (Å²) in [6, 6.07) is 4.17. The molecule has 1 aliphatic heterocycles. The van der Waals surface area contributed by atoms with Gasteiger partial charge in [-0.3, -0.25) is 4.79 Å². The number of rotatable bonds is 2. The molecule has 2 N–H and O–H groups in total. The summed E-state index contributed by atoms with van der Waals surface area (Å²) in [5.74, 6) is -2.55. The van der Waals surface area contributed by atoms with Crippen LogP contribution < -0.4 is 5.69 Å². The molecular formula is C16H15F2N3O3. The van der Waals surface area contributed by atoms with Gasteiger partial charge in [0, 0.05) is 12.2 Å². The first kappa shape index (κ1) is 16.3. The number of likely N-dealkylation sites (tertiary alicyclic amines) is 1. The second kappa shape index (κ2) is 6.12. The van der Waals surface area contributed by atoms with Gasteiger partial charge in [-0.25, -0.2) is 13.6 Å². The van der Waals surface area contributed by atoms with E-state index < -0.39 is 35.4 Å². The summed E-state index contributed by atoms with van der Waals surface area (Å²) in [6.07, 6.45) is -0.603. The van der Waals surface area contributed by atoms with Crippen molar-refractivity contribution in [2.75, 3.05) is 6.54 Å². The van der Waals surface area contributed by atoms with E-state index in [1.165, 1.54) is 17.0 Å². The van der Waals surface area contributed by atoms with Crippen molar-refractivity contribution in [3.63, 3.8) is 0 Å². The van der Waals surface area contributed by atoms with E-state index >= 15 is 0 Å². The van der Waals surface area contributed by atoms with E-state index in [0.717, 1.165) is 12.1 Å². The van der Waals surface area contributed by atoms with Crippen LogP contribution in [0.5, 0.6) is 0 Å². The molecule has 0 saturated carbocycles. The van der Waals surface area contributed by atoms with E-state index in [4.69, 9.17) is 0 Å². The Kier molecular flexibility index (Phi) is 4.15. The molecule has 0 radical (unpaired) electrons. The smallest absolute Gasteiger partial charge is 0.345 e. The van der Waals surface area contributed by atoms with E-state index in [2.05, 4.69) is 9.97 Å². The van der Waals surface area contributed by atoms with Gasteiger partial charge in [-0.1, -0.05) is 6.07 Å². The van der Waals surface area contributed by atoms with Gasteiger partial charge in [0.05, 0.1) is 12.1 Å². The number of benzene rings is 1. The van der Waals surface area contributed by atoms with Crippen LogP contribution in [0.2, 0.25) is 0 Å². The van der Waals surface area contributed by atoms with Gasteiger partial charge in [0.1, 0.15) is 5.69 Å². The molecule has 24 heavy (non-hydrogen) atoms. The maximum Gasteiger partial charge on any atom is 0.345 e. The number of aliphatic hydroxyl groups is 1. The molecule has 2 aromatic rings. The Bertz CT molecular complexity index is 853. The summed E-state index contributed by atoms with van der Waals surface area (Å²) in [6.45, 7) is 1.64. The molecule has 1 aliphatic rings. The van der Waals surface area contributed by atoms with Gasteiger partial charge in [-0.2, -0.15) is 4.98 Å². The molecule has 3 rings (SSSR count). The lowest BCUT2D eigenvalue weighted by molar-refractivity contribution is 0.0709. The fourth-order valence-electron chi connectivity index (χ4n) is 2.91. The number of carbonyl (C=O) groups is 1. The highest BCUT2D eigenvalue weighted by Crippen LogP contribution is 2.33. The van der Waals surface area contributed by atoms with Crippen LogP contribution in [0.25, 0.3) is 0 Å². The summed E-state index contributed by atoms with van der Waals surface area (Å²) in [5, 5.41) is 9.91. The van der Waals surface area contributed by atoms with Gasteiger partial charge in [0.2, 0.25) is 0 Å². The maximum atomic E-state index is 13.5. The minimum atomic E-state index is -1.02. The third-order valence-corrected chi connectivity index (χ3v) is 3.97. The van der Waals surface area contributed by atoms with E-state index in [9.17, 15) is 23.5 Å². The van der Waals surface area contributed by atoms with Crippen LogP contribution in [-0.4, -0.2) is 38.5 Å². The molecule has 126 valence electrons. The van der Waals surface area contributed by atoms with Gasteiger partial charge in [-0.05, 0) is 37.1 Å². The first-order valence-electron chi connectivity index (χ1n) is 7.37. The van der Waals surface area contributed by atoms with Gasteiger partial charge in [-0.15, -0.1) is 0 Å². The fourth-order valence-corrected chi connectivity index (χ4v) is 2.91. The quantitative estimate of drug-likeness (QED) is 0.866. The third kappa shape index (κ3) is 3.05. The summed E-state index contributed by atoms with van der Waals surface area (Å²) >= 11 is 0. The molecule has 1 aromatic carbocycles. The van der Waals surface area contributed by atoms with Gasteiger partial charge in [0.15, 0.2) is 11.6 Å². The van der Waals surface area contributed by atoms with Crippen molar-refractivity contribution < 1.29 is 18.7 Å². The number of aliphatic hydroxyl groups excluding tert-OH is 1. The number of nitrogens with one attached hydrogen (secondary N) is 1. The highest BCUT2D eigenvalue weighted by molar-refractivity contribution is 5.92. The van der Waals surface area contributed by atoms with Crippen LogP contribution in [0.1, 0.15) is 34.2 Å². The van der Waals surface area contributed by atoms with Crippen molar-refractivity contribution in [2.45, 2.75) is 25.5 Å². The Balaban J connectivity index is 1.96. The van der Waals surface area contributed by atoms with Crippen LogP contribution in [0.15, 0.2) is 29.1 Å². The zero-order valence-corrected chi connectivity index (χ0v) is 12.8. The number of hydrogen-bond donors (Lipinski definition) is 2. The first-order chi connectivity index (χ1) is 11.3. The van der Waals surface area contributed by atoms with E-state index in [0.29, 0.717) is 11.3 Å². The standard InChI is InChI=1S/C16H15F2N3O3/c1-8-4-13(20-16(24)19-8)15(23)21-7-10(22)6-14(21)9-2-3-11(17)12(18)5-9/h2-5,10,14,22H,6-7H2,1H3,(H,19,20,24)/t10-,14+/m0/s1. The lowest BCUT2D eigenvalue weighted by Crippen LogP contribution is -2.34. The molecule has 2 heterocycles. The Morgan fingerprint density at radius 2 is 2.08 bits per heavy atom. The molecule has 1 fully saturated rings. The van der Waals surface area contributed by atoms with E-state index in [1.54, 1.807) is 6.92 Å². The summed E-state index contributed by atoms with van der Waals surface area (Å²) < 4.78 is 26.6. The maximum absolute atomic E-state index is 13.5. The van der Waals surface area contributed by atoms with Crippen LogP contribution in [0, 0.1) is 18.6 Å².